The van der Waals surface area contributed by atoms with Crippen LogP contribution in [0.2, 0.25) is 0 Å². The average molecular weight is 228 g/mol. The molecule has 2 aromatic rings. The van der Waals surface area contributed by atoms with E-state index < -0.39 is 0 Å². The lowest BCUT2D eigenvalue weighted by Crippen LogP contribution is -1.92. The summed E-state index contributed by atoms with van der Waals surface area (Å²) in [7, 11) is 0. The molecule has 0 aliphatic carbocycles. The van der Waals surface area contributed by atoms with Crippen molar-refractivity contribution in [1.82, 2.24) is 0 Å². The van der Waals surface area contributed by atoms with Crippen molar-refractivity contribution in [3.05, 3.63) is 71.3 Å². The molecule has 78 valence electrons. The molecule has 0 saturated heterocycles. The minimum Gasteiger partial charge on any atom is -0.192 e. The van der Waals surface area contributed by atoms with E-state index in [0.717, 1.165) is 11.1 Å². The molecule has 16 heavy (non-hydrogen) atoms. The predicted octanol–water partition coefficient (Wildman–Crippen LogP) is 3.89. The van der Waals surface area contributed by atoms with Gasteiger partial charge in [-0.1, -0.05) is 42.5 Å². The van der Waals surface area contributed by atoms with Crippen LogP contribution in [-0.2, 0) is 0 Å². The average Bonchev–Trinajstić information content (AvgIpc) is 2.39. The highest BCUT2D eigenvalue weighted by Gasteiger charge is 2.09. The molecule has 0 radical (unpaired) electrons. The van der Waals surface area contributed by atoms with Crippen molar-refractivity contribution in [2.24, 2.45) is 0 Å². The number of alkyl halides is 1. The molecule has 0 N–H and O–H groups in total. The molecule has 0 aliphatic rings. The van der Waals surface area contributed by atoms with Crippen LogP contribution in [0.1, 0.15) is 22.1 Å². The van der Waals surface area contributed by atoms with Crippen LogP contribution in [0.3, 0.4) is 0 Å². The lowest BCUT2D eigenvalue weighted by atomic mass is 10.0. The van der Waals surface area contributed by atoms with Gasteiger partial charge in [0.15, 0.2) is 0 Å². The van der Waals surface area contributed by atoms with Crippen molar-refractivity contribution >= 4 is 11.6 Å². The summed E-state index contributed by atoms with van der Waals surface area (Å²) < 4.78 is 0. The van der Waals surface area contributed by atoms with Gasteiger partial charge in [0.25, 0.3) is 0 Å². The van der Waals surface area contributed by atoms with Gasteiger partial charge in [-0.05, 0) is 23.3 Å². The lowest BCUT2D eigenvalue weighted by Gasteiger charge is -2.09. The van der Waals surface area contributed by atoms with E-state index in [1.165, 1.54) is 0 Å². The van der Waals surface area contributed by atoms with Gasteiger partial charge in [0.05, 0.1) is 17.0 Å². The first-order valence-electron chi connectivity index (χ1n) is 5.00. The first-order valence-corrected chi connectivity index (χ1v) is 5.44. The van der Waals surface area contributed by atoms with E-state index in [9.17, 15) is 0 Å². The maximum absolute atomic E-state index is 8.70. The first kappa shape index (κ1) is 10.7. The zero-order chi connectivity index (χ0) is 11.4. The molecule has 0 spiro atoms. The standard InChI is InChI=1S/C14H10ClN/c15-14(12-4-2-1-3-5-12)13-8-6-11(10-16)7-9-13/h1-9,14H. The number of hydrogen-bond donors (Lipinski definition) is 0. The predicted molar refractivity (Wildman–Crippen MR) is 65.3 cm³/mol. The fourth-order valence-corrected chi connectivity index (χ4v) is 1.83. The summed E-state index contributed by atoms with van der Waals surface area (Å²) in [5, 5.41) is 8.54. The molecule has 0 heterocycles. The normalized spacial score (nSPS) is 11.8. The van der Waals surface area contributed by atoms with Crippen LogP contribution in [0.4, 0.5) is 0 Å². The smallest absolute Gasteiger partial charge is 0.0991 e. The van der Waals surface area contributed by atoms with E-state index in [2.05, 4.69) is 6.07 Å². The summed E-state index contributed by atoms with van der Waals surface area (Å²) in [5.74, 6) is 0. The van der Waals surface area contributed by atoms with E-state index in [4.69, 9.17) is 16.9 Å². The fraction of sp³-hybridized carbons (Fsp3) is 0.0714. The second kappa shape index (κ2) is 4.83. The third-order valence-electron chi connectivity index (χ3n) is 2.42. The zero-order valence-corrected chi connectivity index (χ0v) is 9.35. The van der Waals surface area contributed by atoms with Gasteiger partial charge in [-0.15, -0.1) is 11.6 Å². The Labute approximate surface area is 99.9 Å². The number of benzene rings is 2. The van der Waals surface area contributed by atoms with Crippen molar-refractivity contribution in [1.29, 1.82) is 5.26 Å². The molecule has 0 bridgehead atoms. The molecular formula is C14H10ClN. The second-order valence-electron chi connectivity index (χ2n) is 3.51. The van der Waals surface area contributed by atoms with Gasteiger partial charge in [-0.25, -0.2) is 0 Å². The van der Waals surface area contributed by atoms with Crippen LogP contribution < -0.4 is 0 Å². The van der Waals surface area contributed by atoms with E-state index in [1.54, 1.807) is 12.1 Å². The molecular weight excluding hydrogens is 218 g/mol. The largest absolute Gasteiger partial charge is 0.192 e. The summed E-state index contributed by atoms with van der Waals surface area (Å²) in [6.07, 6.45) is 0. The summed E-state index contributed by atoms with van der Waals surface area (Å²) >= 11 is 6.34. The number of rotatable bonds is 2. The highest BCUT2D eigenvalue weighted by molar-refractivity contribution is 6.22. The number of halogens is 1. The molecule has 2 aromatic carbocycles. The third-order valence-corrected chi connectivity index (χ3v) is 2.93. The van der Waals surface area contributed by atoms with Gasteiger partial charge in [0, 0.05) is 0 Å². The minimum absolute atomic E-state index is 0.158. The van der Waals surface area contributed by atoms with Crippen LogP contribution in [0.5, 0.6) is 0 Å². The number of nitriles is 1. The van der Waals surface area contributed by atoms with Crippen molar-refractivity contribution < 1.29 is 0 Å². The molecule has 2 rings (SSSR count). The molecule has 0 amide bonds. The van der Waals surface area contributed by atoms with Gasteiger partial charge >= 0.3 is 0 Å². The van der Waals surface area contributed by atoms with E-state index in [0.29, 0.717) is 5.56 Å². The van der Waals surface area contributed by atoms with Gasteiger partial charge in [-0.2, -0.15) is 5.26 Å². The molecule has 1 nitrogen and oxygen atoms in total. The monoisotopic (exact) mass is 227 g/mol. The van der Waals surface area contributed by atoms with E-state index in [-0.39, 0.29) is 5.38 Å². The zero-order valence-electron chi connectivity index (χ0n) is 8.60. The number of nitrogens with zero attached hydrogens (tertiary/aromatic N) is 1. The van der Waals surface area contributed by atoms with Gasteiger partial charge in [0.2, 0.25) is 0 Å². The summed E-state index contributed by atoms with van der Waals surface area (Å²) in [6.45, 7) is 0. The summed E-state index contributed by atoms with van der Waals surface area (Å²) in [6, 6.07) is 19.3. The Morgan fingerprint density at radius 3 is 2.00 bits per heavy atom. The van der Waals surface area contributed by atoms with Crippen LogP contribution in [0.15, 0.2) is 54.6 Å². The highest BCUT2D eigenvalue weighted by atomic mass is 35.5. The summed E-state index contributed by atoms with van der Waals surface area (Å²) in [5.41, 5.74) is 2.72. The van der Waals surface area contributed by atoms with Crippen LogP contribution >= 0.6 is 11.6 Å². The molecule has 1 unspecified atom stereocenters. The van der Waals surface area contributed by atoms with Crippen molar-refractivity contribution in [3.63, 3.8) is 0 Å². The second-order valence-corrected chi connectivity index (χ2v) is 3.94. The minimum atomic E-state index is -0.158. The van der Waals surface area contributed by atoms with Crippen LogP contribution in [0.25, 0.3) is 0 Å². The van der Waals surface area contributed by atoms with Crippen LogP contribution in [-0.4, -0.2) is 0 Å². The Morgan fingerprint density at radius 2 is 1.44 bits per heavy atom. The number of hydrogen-bond acceptors (Lipinski definition) is 1. The molecule has 0 aliphatic heterocycles. The maximum atomic E-state index is 8.70. The summed E-state index contributed by atoms with van der Waals surface area (Å²) in [4.78, 5) is 0. The molecule has 0 aromatic heterocycles. The maximum Gasteiger partial charge on any atom is 0.0991 e. The molecule has 0 saturated carbocycles. The van der Waals surface area contributed by atoms with Crippen molar-refractivity contribution in [2.75, 3.05) is 0 Å². The fourth-order valence-electron chi connectivity index (χ4n) is 1.54. The van der Waals surface area contributed by atoms with Gasteiger partial charge in [0.1, 0.15) is 0 Å². The van der Waals surface area contributed by atoms with Crippen molar-refractivity contribution in [3.8, 4) is 6.07 Å². The molecule has 2 heteroatoms. The highest BCUT2D eigenvalue weighted by Crippen LogP contribution is 2.28. The lowest BCUT2D eigenvalue weighted by molar-refractivity contribution is 1.14. The first-order chi connectivity index (χ1) is 7.81. The van der Waals surface area contributed by atoms with Gasteiger partial charge in [-0.3, -0.25) is 0 Å². The third kappa shape index (κ3) is 2.24. The van der Waals surface area contributed by atoms with Gasteiger partial charge < -0.3 is 0 Å². The Balaban J connectivity index is 2.28. The Bertz CT molecular complexity index is 497. The van der Waals surface area contributed by atoms with E-state index in [1.807, 2.05) is 42.5 Å². The Kier molecular flexibility index (Phi) is 3.24. The Morgan fingerprint density at radius 1 is 0.875 bits per heavy atom. The van der Waals surface area contributed by atoms with Crippen molar-refractivity contribution in [2.45, 2.75) is 5.38 Å². The topological polar surface area (TPSA) is 23.8 Å². The SMILES string of the molecule is N#Cc1ccc(C(Cl)c2ccccc2)cc1. The Hall–Kier alpha value is -1.78. The van der Waals surface area contributed by atoms with Crippen LogP contribution in [0, 0.1) is 11.3 Å². The van der Waals surface area contributed by atoms with E-state index >= 15 is 0 Å². The molecule has 1 atom stereocenters. The molecule has 0 fully saturated rings. The quantitative estimate of drug-likeness (QED) is 0.715.